The second-order valence-corrected chi connectivity index (χ2v) is 8.09. The van der Waals surface area contributed by atoms with Crippen molar-refractivity contribution in [1.29, 1.82) is 0 Å². The molecule has 4 heteroatoms. The molecule has 0 bridgehead atoms. The first-order valence-corrected chi connectivity index (χ1v) is 10.7. The first-order chi connectivity index (χ1) is 15.0. The van der Waals surface area contributed by atoms with Gasteiger partial charge in [-0.2, -0.15) is 0 Å². The SMILES string of the molecule is C[C@@H]([C@@H](O)c1ccccc1)N(C)C(=O)[C@H](Cc1ccccc1)C[C@@H](O)c1ccccc1. The Labute approximate surface area is 184 Å². The maximum atomic E-state index is 13.5. The van der Waals surface area contributed by atoms with Gasteiger partial charge in [-0.3, -0.25) is 4.79 Å². The van der Waals surface area contributed by atoms with Gasteiger partial charge in [0.05, 0.1) is 18.2 Å². The Hall–Kier alpha value is -2.95. The molecule has 2 N–H and O–H groups in total. The minimum absolute atomic E-state index is 0.0821. The first kappa shape index (κ1) is 22.7. The minimum Gasteiger partial charge on any atom is -0.388 e. The lowest BCUT2D eigenvalue weighted by atomic mass is 9.89. The van der Waals surface area contributed by atoms with Crippen LogP contribution in [-0.4, -0.2) is 34.1 Å². The van der Waals surface area contributed by atoms with Crippen molar-refractivity contribution in [3.63, 3.8) is 0 Å². The van der Waals surface area contributed by atoms with E-state index in [-0.39, 0.29) is 5.91 Å². The molecule has 0 saturated carbocycles. The summed E-state index contributed by atoms with van der Waals surface area (Å²) >= 11 is 0. The van der Waals surface area contributed by atoms with E-state index in [1.165, 1.54) is 0 Å². The number of amides is 1. The van der Waals surface area contributed by atoms with Crippen molar-refractivity contribution in [1.82, 2.24) is 4.90 Å². The van der Waals surface area contributed by atoms with E-state index in [9.17, 15) is 15.0 Å². The first-order valence-electron chi connectivity index (χ1n) is 10.7. The molecule has 3 rings (SSSR count). The fourth-order valence-electron chi connectivity index (χ4n) is 3.88. The quantitative estimate of drug-likeness (QED) is 0.537. The molecule has 0 aliphatic heterocycles. The smallest absolute Gasteiger partial charge is 0.226 e. The Bertz CT molecular complexity index is 930. The molecular formula is C27H31NO3. The maximum absolute atomic E-state index is 13.5. The van der Waals surface area contributed by atoms with E-state index in [4.69, 9.17) is 0 Å². The largest absolute Gasteiger partial charge is 0.388 e. The average molecular weight is 418 g/mol. The number of carbonyl (C=O) groups is 1. The van der Waals surface area contributed by atoms with Crippen molar-refractivity contribution < 1.29 is 15.0 Å². The molecule has 0 unspecified atom stereocenters. The number of aliphatic hydroxyl groups is 2. The number of aliphatic hydroxyl groups excluding tert-OH is 2. The second kappa shape index (κ2) is 10.9. The van der Waals surface area contributed by atoms with Gasteiger partial charge in [0.15, 0.2) is 0 Å². The molecule has 1 amide bonds. The monoisotopic (exact) mass is 417 g/mol. The van der Waals surface area contributed by atoms with Crippen LogP contribution in [0.15, 0.2) is 91.0 Å². The highest BCUT2D eigenvalue weighted by atomic mass is 16.3. The van der Waals surface area contributed by atoms with Crippen molar-refractivity contribution in [2.24, 2.45) is 5.92 Å². The highest BCUT2D eigenvalue weighted by Gasteiger charge is 2.31. The number of nitrogens with zero attached hydrogens (tertiary/aromatic N) is 1. The predicted molar refractivity (Wildman–Crippen MR) is 123 cm³/mol. The molecule has 0 aromatic heterocycles. The van der Waals surface area contributed by atoms with Crippen LogP contribution in [0.5, 0.6) is 0 Å². The van der Waals surface area contributed by atoms with E-state index in [0.29, 0.717) is 12.8 Å². The lowest BCUT2D eigenvalue weighted by molar-refractivity contribution is -0.139. The Morgan fingerprint density at radius 1 is 0.806 bits per heavy atom. The van der Waals surface area contributed by atoms with Crippen LogP contribution >= 0.6 is 0 Å². The van der Waals surface area contributed by atoms with Crippen LogP contribution in [0.1, 0.15) is 42.2 Å². The number of carbonyl (C=O) groups excluding carboxylic acids is 1. The summed E-state index contributed by atoms with van der Waals surface area (Å²) in [5.74, 6) is -0.491. The van der Waals surface area contributed by atoms with Gasteiger partial charge in [-0.15, -0.1) is 0 Å². The molecule has 162 valence electrons. The van der Waals surface area contributed by atoms with Crippen LogP contribution in [-0.2, 0) is 11.2 Å². The van der Waals surface area contributed by atoms with Crippen molar-refractivity contribution in [2.45, 2.75) is 38.0 Å². The van der Waals surface area contributed by atoms with E-state index in [1.807, 2.05) is 97.9 Å². The van der Waals surface area contributed by atoms with Gasteiger partial charge in [-0.05, 0) is 36.5 Å². The van der Waals surface area contributed by atoms with Crippen LogP contribution in [0.3, 0.4) is 0 Å². The Morgan fingerprint density at radius 3 is 1.84 bits per heavy atom. The van der Waals surface area contributed by atoms with Crippen LogP contribution in [0, 0.1) is 5.92 Å². The van der Waals surface area contributed by atoms with E-state index < -0.39 is 24.2 Å². The zero-order valence-corrected chi connectivity index (χ0v) is 18.1. The number of hydrogen-bond acceptors (Lipinski definition) is 3. The number of likely N-dealkylation sites (N-methyl/N-ethyl adjacent to an activating group) is 1. The summed E-state index contributed by atoms with van der Waals surface area (Å²) in [7, 11) is 1.73. The molecule has 4 nitrogen and oxygen atoms in total. The van der Waals surface area contributed by atoms with Crippen LogP contribution in [0.4, 0.5) is 0 Å². The summed E-state index contributed by atoms with van der Waals surface area (Å²) in [6.45, 7) is 1.85. The topological polar surface area (TPSA) is 60.8 Å². The van der Waals surface area contributed by atoms with Crippen LogP contribution in [0.25, 0.3) is 0 Å². The van der Waals surface area contributed by atoms with Gasteiger partial charge in [0, 0.05) is 13.0 Å². The number of benzene rings is 3. The Balaban J connectivity index is 1.78. The predicted octanol–water partition coefficient (Wildman–Crippen LogP) is 4.55. The lowest BCUT2D eigenvalue weighted by Crippen LogP contribution is -2.43. The molecule has 0 spiro atoms. The maximum Gasteiger partial charge on any atom is 0.226 e. The third kappa shape index (κ3) is 6.03. The molecule has 0 heterocycles. The number of rotatable bonds is 9. The summed E-state index contributed by atoms with van der Waals surface area (Å²) in [5.41, 5.74) is 2.62. The van der Waals surface area contributed by atoms with Gasteiger partial charge in [0.2, 0.25) is 5.91 Å². The molecule has 0 saturated heterocycles. The molecule has 0 radical (unpaired) electrons. The zero-order valence-electron chi connectivity index (χ0n) is 18.1. The number of hydrogen-bond donors (Lipinski definition) is 2. The summed E-state index contributed by atoms with van der Waals surface area (Å²) < 4.78 is 0. The third-order valence-corrected chi connectivity index (χ3v) is 5.92. The molecular weight excluding hydrogens is 386 g/mol. The molecule has 4 atom stereocenters. The minimum atomic E-state index is -0.786. The van der Waals surface area contributed by atoms with Crippen molar-refractivity contribution in [3.05, 3.63) is 108 Å². The lowest BCUT2D eigenvalue weighted by Gasteiger charge is -2.33. The Morgan fingerprint density at radius 2 is 1.29 bits per heavy atom. The fourth-order valence-corrected chi connectivity index (χ4v) is 3.88. The van der Waals surface area contributed by atoms with Gasteiger partial charge >= 0.3 is 0 Å². The molecule has 0 aliphatic rings. The van der Waals surface area contributed by atoms with E-state index >= 15 is 0 Å². The molecule has 3 aromatic carbocycles. The molecule has 31 heavy (non-hydrogen) atoms. The van der Waals surface area contributed by atoms with Crippen LogP contribution < -0.4 is 0 Å². The van der Waals surface area contributed by atoms with Crippen molar-refractivity contribution in [3.8, 4) is 0 Å². The zero-order chi connectivity index (χ0) is 22.2. The summed E-state index contributed by atoms with van der Waals surface area (Å²) in [6, 6.07) is 28.3. The average Bonchev–Trinajstić information content (AvgIpc) is 2.83. The third-order valence-electron chi connectivity index (χ3n) is 5.92. The van der Waals surface area contributed by atoms with Gasteiger partial charge in [-0.1, -0.05) is 91.0 Å². The van der Waals surface area contributed by atoms with Gasteiger partial charge in [0.25, 0.3) is 0 Å². The van der Waals surface area contributed by atoms with Gasteiger partial charge < -0.3 is 15.1 Å². The van der Waals surface area contributed by atoms with Crippen molar-refractivity contribution >= 4 is 5.91 Å². The summed E-state index contributed by atoms with van der Waals surface area (Å²) in [6.07, 6.45) is -0.675. The second-order valence-electron chi connectivity index (χ2n) is 8.09. The highest BCUT2D eigenvalue weighted by Crippen LogP contribution is 2.27. The molecule has 0 aliphatic carbocycles. The van der Waals surface area contributed by atoms with Crippen molar-refractivity contribution in [2.75, 3.05) is 7.05 Å². The molecule has 3 aromatic rings. The standard InChI is InChI=1S/C27H31NO3/c1-20(26(30)23-16-10-5-11-17-23)28(2)27(31)24(18-21-12-6-3-7-13-21)19-25(29)22-14-8-4-9-15-22/h3-17,20,24-26,29-30H,18-19H2,1-2H3/t20-,24+,25+,26+/m0/s1. The Kier molecular flexibility index (Phi) is 7.99. The van der Waals surface area contributed by atoms with E-state index in [1.54, 1.807) is 11.9 Å². The van der Waals surface area contributed by atoms with E-state index in [2.05, 4.69) is 0 Å². The highest BCUT2D eigenvalue weighted by molar-refractivity contribution is 5.79. The fraction of sp³-hybridized carbons (Fsp3) is 0.296. The van der Waals surface area contributed by atoms with Gasteiger partial charge in [0.1, 0.15) is 0 Å². The normalized spacial score (nSPS) is 15.0. The summed E-state index contributed by atoms with van der Waals surface area (Å²) in [5, 5.41) is 21.6. The summed E-state index contributed by atoms with van der Waals surface area (Å²) in [4.78, 5) is 15.1. The van der Waals surface area contributed by atoms with Gasteiger partial charge in [-0.25, -0.2) is 0 Å². The molecule has 0 fully saturated rings. The van der Waals surface area contributed by atoms with E-state index in [0.717, 1.165) is 16.7 Å². The van der Waals surface area contributed by atoms with Crippen LogP contribution in [0.2, 0.25) is 0 Å².